The molecule has 1 heterocycles. The molecule has 1 aliphatic heterocycles. The van der Waals surface area contributed by atoms with Gasteiger partial charge in [-0.2, -0.15) is 0 Å². The van der Waals surface area contributed by atoms with Gasteiger partial charge < -0.3 is 10.5 Å². The first-order valence-corrected chi connectivity index (χ1v) is 6.67. The number of nitrogens with two attached hydrogens (primary N) is 1. The zero-order valence-corrected chi connectivity index (χ0v) is 10.7. The minimum Gasteiger partial charge on any atom is -0.383 e. The Morgan fingerprint density at radius 3 is 2.75 bits per heavy atom. The molecule has 2 N–H and O–H groups in total. The quantitative estimate of drug-likeness (QED) is 0.791. The van der Waals surface area contributed by atoms with Crippen molar-refractivity contribution in [1.82, 2.24) is 4.90 Å². The van der Waals surface area contributed by atoms with Crippen LogP contribution < -0.4 is 5.73 Å². The van der Waals surface area contributed by atoms with Crippen LogP contribution in [-0.2, 0) is 4.74 Å². The molecule has 16 heavy (non-hydrogen) atoms. The van der Waals surface area contributed by atoms with Gasteiger partial charge in [0.25, 0.3) is 0 Å². The number of fused-ring (bicyclic) bond motifs is 1. The largest absolute Gasteiger partial charge is 0.383 e. The van der Waals surface area contributed by atoms with Crippen molar-refractivity contribution in [3.63, 3.8) is 0 Å². The van der Waals surface area contributed by atoms with Crippen LogP contribution in [0.25, 0.3) is 0 Å². The van der Waals surface area contributed by atoms with E-state index in [1.165, 1.54) is 38.6 Å². The second-order valence-corrected chi connectivity index (χ2v) is 5.73. The van der Waals surface area contributed by atoms with Gasteiger partial charge in [0.2, 0.25) is 0 Å². The van der Waals surface area contributed by atoms with Gasteiger partial charge in [0.15, 0.2) is 0 Å². The summed E-state index contributed by atoms with van der Waals surface area (Å²) in [5.74, 6) is 0.927. The standard InChI is InChI=1S/C13H26N2O/c1-13(9-14,10-16-2)15-8-7-11-5-3-4-6-12(11)15/h11-12H,3-10,14H2,1-2H3. The molecule has 0 radical (unpaired) electrons. The summed E-state index contributed by atoms with van der Waals surface area (Å²) in [6.45, 7) is 4.93. The van der Waals surface area contributed by atoms with Gasteiger partial charge in [-0.3, -0.25) is 4.90 Å². The van der Waals surface area contributed by atoms with E-state index in [1.54, 1.807) is 7.11 Å². The van der Waals surface area contributed by atoms with Crippen LogP contribution in [-0.4, -0.2) is 43.3 Å². The van der Waals surface area contributed by atoms with Crippen molar-refractivity contribution in [2.75, 3.05) is 26.8 Å². The van der Waals surface area contributed by atoms with Crippen LogP contribution >= 0.6 is 0 Å². The second kappa shape index (κ2) is 5.03. The summed E-state index contributed by atoms with van der Waals surface area (Å²) in [4.78, 5) is 2.64. The molecule has 1 saturated heterocycles. The Morgan fingerprint density at radius 2 is 2.06 bits per heavy atom. The fourth-order valence-electron chi connectivity index (χ4n) is 3.65. The predicted octanol–water partition coefficient (Wildman–Crippen LogP) is 1.61. The molecule has 0 amide bonds. The normalized spacial score (nSPS) is 34.7. The van der Waals surface area contributed by atoms with Crippen molar-refractivity contribution in [2.45, 2.75) is 50.6 Å². The molecule has 0 aromatic rings. The van der Waals surface area contributed by atoms with Gasteiger partial charge in [0, 0.05) is 19.7 Å². The van der Waals surface area contributed by atoms with Gasteiger partial charge in [-0.25, -0.2) is 0 Å². The summed E-state index contributed by atoms with van der Waals surface area (Å²) in [6.07, 6.45) is 6.98. The first-order chi connectivity index (χ1) is 7.71. The maximum absolute atomic E-state index is 5.97. The van der Waals surface area contributed by atoms with Crippen LogP contribution in [0.2, 0.25) is 0 Å². The molecule has 1 saturated carbocycles. The molecule has 2 fully saturated rings. The monoisotopic (exact) mass is 226 g/mol. The van der Waals surface area contributed by atoms with E-state index in [9.17, 15) is 0 Å². The number of ether oxygens (including phenoxy) is 1. The summed E-state index contributed by atoms with van der Waals surface area (Å²) in [5, 5.41) is 0. The van der Waals surface area contributed by atoms with E-state index in [0.29, 0.717) is 6.54 Å². The Labute approximate surface area is 99.3 Å². The lowest BCUT2D eigenvalue weighted by molar-refractivity contribution is 0.00571. The van der Waals surface area contributed by atoms with Crippen molar-refractivity contribution in [1.29, 1.82) is 0 Å². The van der Waals surface area contributed by atoms with Gasteiger partial charge in [-0.1, -0.05) is 12.8 Å². The van der Waals surface area contributed by atoms with E-state index in [0.717, 1.165) is 18.6 Å². The molecule has 0 spiro atoms. The molecule has 94 valence electrons. The van der Waals surface area contributed by atoms with Crippen molar-refractivity contribution in [3.8, 4) is 0 Å². The van der Waals surface area contributed by atoms with E-state index in [1.807, 2.05) is 0 Å². The Balaban J connectivity index is 2.07. The molecule has 0 aromatic carbocycles. The van der Waals surface area contributed by atoms with Gasteiger partial charge in [-0.15, -0.1) is 0 Å². The Hall–Kier alpha value is -0.120. The molecule has 0 bridgehead atoms. The third kappa shape index (κ3) is 2.13. The highest BCUT2D eigenvalue weighted by Gasteiger charge is 2.43. The zero-order valence-electron chi connectivity index (χ0n) is 10.7. The molecule has 3 atom stereocenters. The molecule has 3 unspecified atom stereocenters. The smallest absolute Gasteiger partial charge is 0.0656 e. The van der Waals surface area contributed by atoms with E-state index >= 15 is 0 Å². The highest BCUT2D eigenvalue weighted by atomic mass is 16.5. The van der Waals surface area contributed by atoms with Crippen LogP contribution in [0.3, 0.4) is 0 Å². The lowest BCUT2D eigenvalue weighted by Gasteiger charge is -2.43. The minimum atomic E-state index is 0.0471. The third-order valence-electron chi connectivity index (χ3n) is 4.60. The number of hydrogen-bond acceptors (Lipinski definition) is 3. The Morgan fingerprint density at radius 1 is 1.31 bits per heavy atom. The summed E-state index contributed by atoms with van der Waals surface area (Å²) in [5.41, 5.74) is 6.02. The predicted molar refractivity (Wildman–Crippen MR) is 66.4 cm³/mol. The molecule has 1 aliphatic carbocycles. The maximum Gasteiger partial charge on any atom is 0.0656 e. The maximum atomic E-state index is 5.97. The second-order valence-electron chi connectivity index (χ2n) is 5.73. The van der Waals surface area contributed by atoms with Gasteiger partial charge in [0.05, 0.1) is 12.1 Å². The first-order valence-electron chi connectivity index (χ1n) is 6.67. The topological polar surface area (TPSA) is 38.5 Å². The fourth-order valence-corrected chi connectivity index (χ4v) is 3.65. The fraction of sp³-hybridized carbons (Fsp3) is 1.00. The summed E-state index contributed by atoms with van der Waals surface area (Å²) in [6, 6.07) is 0.775. The summed E-state index contributed by atoms with van der Waals surface area (Å²) < 4.78 is 5.37. The molecule has 0 aromatic heterocycles. The Kier molecular flexibility index (Phi) is 3.88. The lowest BCUT2D eigenvalue weighted by atomic mass is 9.84. The van der Waals surface area contributed by atoms with Crippen molar-refractivity contribution in [3.05, 3.63) is 0 Å². The van der Waals surface area contributed by atoms with Crippen molar-refractivity contribution >= 4 is 0 Å². The van der Waals surface area contributed by atoms with Gasteiger partial charge in [-0.05, 0) is 38.6 Å². The van der Waals surface area contributed by atoms with E-state index in [2.05, 4.69) is 11.8 Å². The summed E-state index contributed by atoms with van der Waals surface area (Å²) in [7, 11) is 1.78. The molecule has 3 nitrogen and oxygen atoms in total. The SMILES string of the molecule is COCC(C)(CN)N1CCC2CCCCC21. The average Bonchev–Trinajstić information content (AvgIpc) is 2.73. The number of rotatable bonds is 4. The van der Waals surface area contributed by atoms with Crippen molar-refractivity contribution < 1.29 is 4.74 Å². The van der Waals surface area contributed by atoms with E-state index < -0.39 is 0 Å². The van der Waals surface area contributed by atoms with Gasteiger partial charge >= 0.3 is 0 Å². The molecular weight excluding hydrogens is 200 g/mol. The molecule has 3 heteroatoms. The van der Waals surface area contributed by atoms with Crippen LogP contribution in [0.4, 0.5) is 0 Å². The average molecular weight is 226 g/mol. The van der Waals surface area contributed by atoms with Gasteiger partial charge in [0.1, 0.15) is 0 Å². The van der Waals surface area contributed by atoms with E-state index in [4.69, 9.17) is 10.5 Å². The number of likely N-dealkylation sites (tertiary alicyclic amines) is 1. The van der Waals surface area contributed by atoms with Crippen LogP contribution in [0.5, 0.6) is 0 Å². The number of methoxy groups -OCH3 is 1. The molecule has 2 rings (SSSR count). The van der Waals surface area contributed by atoms with Crippen LogP contribution in [0, 0.1) is 5.92 Å². The van der Waals surface area contributed by atoms with Crippen molar-refractivity contribution in [2.24, 2.45) is 11.7 Å². The van der Waals surface area contributed by atoms with Crippen LogP contribution in [0.1, 0.15) is 39.0 Å². The zero-order chi connectivity index (χ0) is 11.6. The van der Waals surface area contributed by atoms with E-state index in [-0.39, 0.29) is 5.54 Å². The molecular formula is C13H26N2O. The first kappa shape index (κ1) is 12.3. The highest BCUT2D eigenvalue weighted by Crippen LogP contribution is 2.39. The highest BCUT2D eigenvalue weighted by molar-refractivity contribution is 4.99. The number of nitrogens with zero attached hydrogens (tertiary/aromatic N) is 1. The number of hydrogen-bond donors (Lipinski definition) is 1. The lowest BCUT2D eigenvalue weighted by Crippen LogP contribution is -2.57. The summed E-state index contributed by atoms with van der Waals surface area (Å²) >= 11 is 0. The van der Waals surface area contributed by atoms with Crippen LogP contribution in [0.15, 0.2) is 0 Å². The Bertz CT molecular complexity index is 234. The third-order valence-corrected chi connectivity index (χ3v) is 4.60. The molecule has 2 aliphatic rings. The minimum absolute atomic E-state index is 0.0471.